The molecule has 78 valence electrons. The zero-order chi connectivity index (χ0) is 9.84. The Morgan fingerprint density at radius 1 is 1.00 bits per heavy atom. The van der Waals surface area contributed by atoms with Gasteiger partial charge in [0.2, 0.25) is 0 Å². The van der Waals surface area contributed by atoms with E-state index in [9.17, 15) is 0 Å². The van der Waals surface area contributed by atoms with Crippen molar-refractivity contribution < 1.29 is 0 Å². The minimum Gasteiger partial charge on any atom is -0.155 e. The smallest absolute Gasteiger partial charge is 0.00810 e. The molecular formula is C12H24S. The highest BCUT2D eigenvalue weighted by molar-refractivity contribution is 8.00. The van der Waals surface area contributed by atoms with E-state index in [1.54, 1.807) is 0 Å². The van der Waals surface area contributed by atoms with Gasteiger partial charge in [0.15, 0.2) is 0 Å². The first kappa shape index (κ1) is 11.4. The van der Waals surface area contributed by atoms with Crippen LogP contribution in [0.15, 0.2) is 0 Å². The summed E-state index contributed by atoms with van der Waals surface area (Å²) in [5, 5.41) is 1.97. The lowest BCUT2D eigenvalue weighted by molar-refractivity contribution is 0.294. The second-order valence-electron chi connectivity index (χ2n) is 4.19. The lowest BCUT2D eigenvalue weighted by atomic mass is 9.80. The summed E-state index contributed by atoms with van der Waals surface area (Å²) in [7, 11) is 0. The van der Waals surface area contributed by atoms with Crippen LogP contribution in [0.4, 0.5) is 0 Å². The standard InChI is InChI=1S/C10H18S.C2H6/c1-7-8(2)11-10-6-4-3-5-9(7)10;1-2/h7-10H,3-6H2,1-2H3;1-2H3. The zero-order valence-electron chi connectivity index (χ0n) is 9.55. The summed E-state index contributed by atoms with van der Waals surface area (Å²) in [6.07, 6.45) is 6.01. The number of fused-ring (bicyclic) bond motifs is 1. The van der Waals surface area contributed by atoms with E-state index < -0.39 is 0 Å². The molecule has 0 N–H and O–H groups in total. The molecule has 0 nitrogen and oxygen atoms in total. The second kappa shape index (κ2) is 5.29. The highest BCUT2D eigenvalue weighted by Gasteiger charge is 2.39. The molecule has 2 aliphatic rings. The molecule has 0 amide bonds. The van der Waals surface area contributed by atoms with Crippen molar-refractivity contribution in [3.05, 3.63) is 0 Å². The van der Waals surface area contributed by atoms with Gasteiger partial charge in [-0.05, 0) is 24.7 Å². The van der Waals surface area contributed by atoms with Crippen molar-refractivity contribution in [2.45, 2.75) is 63.9 Å². The Balaban J connectivity index is 0.000000396. The Morgan fingerprint density at radius 2 is 1.62 bits per heavy atom. The van der Waals surface area contributed by atoms with Crippen molar-refractivity contribution in [1.82, 2.24) is 0 Å². The topological polar surface area (TPSA) is 0 Å². The summed E-state index contributed by atoms with van der Waals surface area (Å²) in [5.41, 5.74) is 0. The third-order valence-electron chi connectivity index (χ3n) is 3.56. The Kier molecular flexibility index (Phi) is 4.64. The van der Waals surface area contributed by atoms with Gasteiger partial charge in [0.05, 0.1) is 0 Å². The molecule has 1 aliphatic carbocycles. The fraction of sp³-hybridized carbons (Fsp3) is 1.00. The maximum atomic E-state index is 2.45. The monoisotopic (exact) mass is 200 g/mol. The van der Waals surface area contributed by atoms with Gasteiger partial charge in [-0.15, -0.1) is 0 Å². The fourth-order valence-electron chi connectivity index (χ4n) is 2.64. The van der Waals surface area contributed by atoms with Crippen LogP contribution in [0, 0.1) is 11.8 Å². The SMILES string of the molecule is CC.CC1SC2CCCCC2C1C. The number of hydrogen-bond acceptors (Lipinski definition) is 1. The van der Waals surface area contributed by atoms with Crippen LogP contribution in [0.1, 0.15) is 53.4 Å². The van der Waals surface area contributed by atoms with Gasteiger partial charge in [-0.3, -0.25) is 0 Å². The molecule has 0 aromatic rings. The second-order valence-corrected chi connectivity index (χ2v) is 5.81. The van der Waals surface area contributed by atoms with Crippen LogP contribution in [0.3, 0.4) is 0 Å². The van der Waals surface area contributed by atoms with Crippen LogP contribution in [0.25, 0.3) is 0 Å². The van der Waals surface area contributed by atoms with E-state index in [2.05, 4.69) is 25.6 Å². The molecule has 1 saturated carbocycles. The Hall–Kier alpha value is 0.350. The van der Waals surface area contributed by atoms with E-state index in [1.165, 1.54) is 25.7 Å². The highest BCUT2D eigenvalue weighted by Crippen LogP contribution is 2.49. The predicted molar refractivity (Wildman–Crippen MR) is 63.3 cm³/mol. The first-order valence-electron chi connectivity index (χ1n) is 5.94. The first-order chi connectivity index (χ1) is 6.29. The summed E-state index contributed by atoms with van der Waals surface area (Å²) in [5.74, 6) is 2.06. The summed E-state index contributed by atoms with van der Waals surface area (Å²) in [6.45, 7) is 8.86. The maximum absolute atomic E-state index is 2.45. The zero-order valence-corrected chi connectivity index (χ0v) is 10.4. The van der Waals surface area contributed by atoms with Gasteiger partial charge >= 0.3 is 0 Å². The highest BCUT2D eigenvalue weighted by atomic mass is 32.2. The molecule has 1 saturated heterocycles. The van der Waals surface area contributed by atoms with Gasteiger partial charge in [0, 0.05) is 10.5 Å². The quantitative estimate of drug-likeness (QED) is 0.560. The summed E-state index contributed by atoms with van der Waals surface area (Å²) in [4.78, 5) is 0. The summed E-state index contributed by atoms with van der Waals surface area (Å²) >= 11 is 2.26. The number of rotatable bonds is 0. The molecule has 4 unspecified atom stereocenters. The average molecular weight is 200 g/mol. The van der Waals surface area contributed by atoms with Crippen molar-refractivity contribution in [3.63, 3.8) is 0 Å². The summed E-state index contributed by atoms with van der Waals surface area (Å²) < 4.78 is 0. The predicted octanol–water partition coefficient (Wildman–Crippen LogP) is 4.34. The van der Waals surface area contributed by atoms with Crippen molar-refractivity contribution in [1.29, 1.82) is 0 Å². The van der Waals surface area contributed by atoms with Crippen molar-refractivity contribution in [2.75, 3.05) is 0 Å². The molecule has 0 aromatic carbocycles. The van der Waals surface area contributed by atoms with E-state index in [1.807, 2.05) is 13.8 Å². The van der Waals surface area contributed by atoms with E-state index in [0.29, 0.717) is 0 Å². The van der Waals surface area contributed by atoms with Crippen LogP contribution in [0.2, 0.25) is 0 Å². The van der Waals surface area contributed by atoms with Crippen LogP contribution >= 0.6 is 11.8 Å². The van der Waals surface area contributed by atoms with Gasteiger partial charge in [0.25, 0.3) is 0 Å². The molecule has 0 spiro atoms. The third kappa shape index (κ3) is 2.43. The Morgan fingerprint density at radius 3 is 2.23 bits per heavy atom. The van der Waals surface area contributed by atoms with E-state index >= 15 is 0 Å². The fourth-order valence-corrected chi connectivity index (χ4v) is 4.53. The van der Waals surface area contributed by atoms with Crippen molar-refractivity contribution in [3.8, 4) is 0 Å². The molecule has 2 rings (SSSR count). The van der Waals surface area contributed by atoms with E-state index in [-0.39, 0.29) is 0 Å². The van der Waals surface area contributed by atoms with E-state index in [4.69, 9.17) is 0 Å². The molecule has 4 atom stereocenters. The van der Waals surface area contributed by atoms with Gasteiger partial charge < -0.3 is 0 Å². The van der Waals surface area contributed by atoms with E-state index in [0.717, 1.165) is 22.3 Å². The molecule has 1 heteroatoms. The van der Waals surface area contributed by atoms with Gasteiger partial charge in [-0.25, -0.2) is 0 Å². The van der Waals surface area contributed by atoms with Crippen LogP contribution in [-0.2, 0) is 0 Å². The molecule has 0 aromatic heterocycles. The van der Waals surface area contributed by atoms with Gasteiger partial charge in [-0.2, -0.15) is 11.8 Å². The molecular weight excluding hydrogens is 176 g/mol. The first-order valence-corrected chi connectivity index (χ1v) is 6.89. The molecule has 0 bridgehead atoms. The third-order valence-corrected chi connectivity index (χ3v) is 5.35. The Labute approximate surface area is 87.9 Å². The lowest BCUT2D eigenvalue weighted by Crippen LogP contribution is -2.21. The minimum absolute atomic E-state index is 0.933. The van der Waals surface area contributed by atoms with Crippen LogP contribution in [-0.4, -0.2) is 10.5 Å². The van der Waals surface area contributed by atoms with Crippen molar-refractivity contribution in [2.24, 2.45) is 11.8 Å². The largest absolute Gasteiger partial charge is 0.155 e. The van der Waals surface area contributed by atoms with Gasteiger partial charge in [0.1, 0.15) is 0 Å². The molecule has 2 fully saturated rings. The maximum Gasteiger partial charge on any atom is 0.00810 e. The number of hydrogen-bond donors (Lipinski definition) is 0. The molecule has 0 radical (unpaired) electrons. The molecule has 1 heterocycles. The van der Waals surface area contributed by atoms with Crippen LogP contribution in [0.5, 0.6) is 0 Å². The number of thioether (sulfide) groups is 1. The summed E-state index contributed by atoms with van der Waals surface area (Å²) in [6, 6.07) is 0. The van der Waals surface area contributed by atoms with Gasteiger partial charge in [-0.1, -0.05) is 40.5 Å². The minimum atomic E-state index is 0.933. The average Bonchev–Trinajstić information content (AvgIpc) is 2.47. The molecule has 13 heavy (non-hydrogen) atoms. The van der Waals surface area contributed by atoms with Crippen LogP contribution < -0.4 is 0 Å². The lowest BCUT2D eigenvalue weighted by Gasteiger charge is -2.26. The normalized spacial score (nSPS) is 43.4. The molecule has 1 aliphatic heterocycles. The van der Waals surface area contributed by atoms with Crippen molar-refractivity contribution >= 4 is 11.8 Å². The Bertz CT molecular complexity index is 144.